The molecule has 0 spiro atoms. The lowest BCUT2D eigenvalue weighted by molar-refractivity contribution is 0.0692. The highest BCUT2D eigenvalue weighted by Gasteiger charge is 2.37. The van der Waals surface area contributed by atoms with Crippen LogP contribution in [0.15, 0.2) is 121 Å². The van der Waals surface area contributed by atoms with Crippen molar-refractivity contribution in [3.63, 3.8) is 0 Å². The summed E-state index contributed by atoms with van der Waals surface area (Å²) in [6.45, 7) is 10.5. The number of aryl methyl sites for hydroxylation is 3. The number of amides is 4. The molecule has 8 rings (SSSR count). The molecule has 8 nitrogen and oxygen atoms in total. The maximum absolute atomic E-state index is 13.6. The van der Waals surface area contributed by atoms with E-state index < -0.39 is 11.8 Å². The molecule has 6 aromatic carbocycles. The summed E-state index contributed by atoms with van der Waals surface area (Å²) in [4.78, 5) is 54.2. The zero-order valence-corrected chi connectivity index (χ0v) is 31.4. The van der Waals surface area contributed by atoms with Crippen LogP contribution in [0, 0.1) is 20.8 Å². The third kappa shape index (κ3) is 6.15. The number of hydrogen-bond acceptors (Lipinski definition) is 6. The first-order valence-electron chi connectivity index (χ1n) is 18.0. The molecule has 0 N–H and O–H groups in total. The first kappa shape index (κ1) is 35.2. The lowest BCUT2D eigenvalue weighted by Gasteiger charge is -2.28. The Labute approximate surface area is 319 Å². The molecule has 0 atom stereocenters. The van der Waals surface area contributed by atoms with Crippen molar-refractivity contribution in [1.82, 2.24) is 4.90 Å². The molecule has 0 saturated carbocycles. The minimum Gasteiger partial charge on any atom is -0.457 e. The molecule has 2 heterocycles. The summed E-state index contributed by atoms with van der Waals surface area (Å²) in [5, 5.41) is 0. The molecular formula is C47H38N2O6. The summed E-state index contributed by atoms with van der Waals surface area (Å²) < 4.78 is 12.4. The van der Waals surface area contributed by atoms with Crippen LogP contribution in [0.5, 0.6) is 23.0 Å². The van der Waals surface area contributed by atoms with E-state index in [2.05, 4.69) is 52.0 Å². The van der Waals surface area contributed by atoms with Gasteiger partial charge in [-0.15, -0.1) is 0 Å². The Balaban J connectivity index is 0.961. The third-order valence-corrected chi connectivity index (χ3v) is 10.7. The number of rotatable bonds is 8. The molecule has 272 valence electrons. The molecule has 0 fully saturated rings. The fraction of sp³-hybridized carbons (Fsp3) is 0.149. The number of benzene rings is 6. The quantitative estimate of drug-likeness (QED) is 0.145. The molecule has 55 heavy (non-hydrogen) atoms. The number of ether oxygens (including phenoxy) is 2. The topological polar surface area (TPSA) is 93.2 Å². The van der Waals surface area contributed by atoms with Gasteiger partial charge in [-0.05, 0) is 127 Å². The van der Waals surface area contributed by atoms with Gasteiger partial charge < -0.3 is 9.47 Å². The van der Waals surface area contributed by atoms with Crippen LogP contribution in [0.3, 0.4) is 0 Å². The normalized spacial score (nSPS) is 13.7. The van der Waals surface area contributed by atoms with Crippen LogP contribution in [-0.2, 0) is 5.41 Å². The van der Waals surface area contributed by atoms with Gasteiger partial charge in [0, 0.05) is 12.5 Å². The molecule has 0 saturated heterocycles. The molecule has 0 aromatic heterocycles. The summed E-state index contributed by atoms with van der Waals surface area (Å²) in [5.74, 6) is 1.30. The fourth-order valence-electron chi connectivity index (χ4n) is 7.19. The number of fused-ring (bicyclic) bond motifs is 2. The summed E-state index contributed by atoms with van der Waals surface area (Å²) >= 11 is 0. The molecule has 0 radical (unpaired) electrons. The Morgan fingerprint density at radius 1 is 0.473 bits per heavy atom. The molecular weight excluding hydrogens is 689 g/mol. The summed E-state index contributed by atoms with van der Waals surface area (Å²) in [5.41, 5.74) is 8.18. The second-order valence-corrected chi connectivity index (χ2v) is 14.7. The molecule has 2 aliphatic heterocycles. The van der Waals surface area contributed by atoms with Crippen LogP contribution in [0.25, 0.3) is 11.1 Å². The van der Waals surface area contributed by atoms with E-state index in [-0.39, 0.29) is 22.8 Å². The van der Waals surface area contributed by atoms with Crippen molar-refractivity contribution in [2.24, 2.45) is 0 Å². The van der Waals surface area contributed by atoms with Crippen molar-refractivity contribution in [2.45, 2.75) is 40.0 Å². The lowest BCUT2D eigenvalue weighted by Crippen LogP contribution is -2.29. The van der Waals surface area contributed by atoms with Gasteiger partial charge in [-0.2, -0.15) is 0 Å². The van der Waals surface area contributed by atoms with E-state index in [0.717, 1.165) is 38.0 Å². The average molecular weight is 727 g/mol. The van der Waals surface area contributed by atoms with Crippen molar-refractivity contribution in [2.75, 3.05) is 11.9 Å². The van der Waals surface area contributed by atoms with E-state index in [9.17, 15) is 19.2 Å². The van der Waals surface area contributed by atoms with Crippen molar-refractivity contribution in [3.05, 3.63) is 171 Å². The molecule has 6 aromatic rings. The zero-order valence-electron chi connectivity index (χ0n) is 31.4. The Bertz CT molecular complexity index is 2590. The van der Waals surface area contributed by atoms with Crippen molar-refractivity contribution in [1.29, 1.82) is 0 Å². The Morgan fingerprint density at radius 2 is 0.909 bits per heavy atom. The molecule has 0 unspecified atom stereocenters. The van der Waals surface area contributed by atoms with Crippen LogP contribution in [0.2, 0.25) is 0 Å². The summed E-state index contributed by atoms with van der Waals surface area (Å²) in [6, 6.07) is 37.4. The van der Waals surface area contributed by atoms with E-state index in [1.54, 1.807) is 60.7 Å². The van der Waals surface area contributed by atoms with Crippen LogP contribution < -0.4 is 14.4 Å². The molecule has 2 aliphatic rings. The highest BCUT2D eigenvalue weighted by molar-refractivity contribution is 6.34. The average Bonchev–Trinajstić information content (AvgIpc) is 3.56. The van der Waals surface area contributed by atoms with Crippen LogP contribution in [-0.4, -0.2) is 35.6 Å². The van der Waals surface area contributed by atoms with Gasteiger partial charge in [-0.25, -0.2) is 4.90 Å². The van der Waals surface area contributed by atoms with Crippen LogP contribution in [0.1, 0.15) is 83.1 Å². The van der Waals surface area contributed by atoms with E-state index in [1.165, 1.54) is 18.2 Å². The van der Waals surface area contributed by atoms with Crippen molar-refractivity contribution in [3.8, 4) is 34.1 Å². The van der Waals surface area contributed by atoms with E-state index in [1.807, 2.05) is 43.3 Å². The highest BCUT2D eigenvalue weighted by Crippen LogP contribution is 2.39. The number of carbonyl (C=O) groups is 4. The maximum Gasteiger partial charge on any atom is 0.266 e. The molecule has 0 bridgehead atoms. The largest absolute Gasteiger partial charge is 0.457 e. The minimum atomic E-state index is -0.444. The van der Waals surface area contributed by atoms with E-state index in [0.29, 0.717) is 45.0 Å². The van der Waals surface area contributed by atoms with Crippen LogP contribution >= 0.6 is 0 Å². The number of hydrogen-bond donors (Lipinski definition) is 0. The molecule has 4 amide bonds. The SMILES string of the molecule is Cc1ccc(Oc2ccc(C(C)(C)c3ccc(Oc4ccc(N5C(=O)c6ccc(-c7ccc8c(c7)C(=O)N(C)C8=O)cc6C5=O)cc4)c(C)c3)cc2C)cc1. The smallest absolute Gasteiger partial charge is 0.266 e. The molecule has 8 heteroatoms. The van der Waals surface area contributed by atoms with Gasteiger partial charge in [0.05, 0.1) is 27.9 Å². The summed E-state index contributed by atoms with van der Waals surface area (Å²) in [7, 11) is 1.45. The first-order valence-corrected chi connectivity index (χ1v) is 18.0. The zero-order chi connectivity index (χ0) is 38.8. The number of nitrogens with zero attached hydrogens (tertiary/aromatic N) is 2. The number of imide groups is 2. The molecule has 0 aliphatic carbocycles. The predicted octanol–water partition coefficient (Wildman–Crippen LogP) is 10.2. The Hall–Kier alpha value is -6.80. The van der Waals surface area contributed by atoms with Crippen molar-refractivity contribution >= 4 is 29.3 Å². The second kappa shape index (κ2) is 13.2. The first-order chi connectivity index (χ1) is 26.3. The monoisotopic (exact) mass is 726 g/mol. The van der Waals surface area contributed by atoms with Gasteiger partial charge in [0.1, 0.15) is 23.0 Å². The van der Waals surface area contributed by atoms with Gasteiger partial charge in [-0.3, -0.25) is 24.1 Å². The maximum atomic E-state index is 13.6. The second-order valence-electron chi connectivity index (χ2n) is 14.7. The van der Waals surface area contributed by atoms with Gasteiger partial charge >= 0.3 is 0 Å². The third-order valence-electron chi connectivity index (χ3n) is 10.7. The fourth-order valence-corrected chi connectivity index (χ4v) is 7.19. The van der Waals surface area contributed by atoms with Gasteiger partial charge in [-0.1, -0.05) is 67.9 Å². The number of carbonyl (C=O) groups excluding carboxylic acids is 4. The van der Waals surface area contributed by atoms with E-state index >= 15 is 0 Å². The van der Waals surface area contributed by atoms with Gasteiger partial charge in [0.15, 0.2) is 0 Å². The minimum absolute atomic E-state index is 0.267. The van der Waals surface area contributed by atoms with Gasteiger partial charge in [0.25, 0.3) is 23.6 Å². The van der Waals surface area contributed by atoms with Gasteiger partial charge in [0.2, 0.25) is 0 Å². The summed E-state index contributed by atoms with van der Waals surface area (Å²) in [6.07, 6.45) is 0. The Kier molecular flexibility index (Phi) is 8.49. The standard InChI is InChI=1S/C47H38N2O6/c1-27-7-15-35(16-8-27)54-41-21-11-32(23-28(41)2)47(4,5)33-12-22-42(29(3)24-33)55-36-17-13-34(14-18-36)49-45(52)38-20-10-31(26-40(38)46(49)53)30-9-19-37-39(25-30)44(51)48(6)43(37)50/h7-26H,1-6H3. The number of anilines is 1. The predicted molar refractivity (Wildman–Crippen MR) is 212 cm³/mol. The van der Waals surface area contributed by atoms with Crippen LogP contribution in [0.4, 0.5) is 5.69 Å². The van der Waals surface area contributed by atoms with Crippen molar-refractivity contribution < 1.29 is 28.7 Å². The Morgan fingerprint density at radius 3 is 1.42 bits per heavy atom. The lowest BCUT2D eigenvalue weighted by atomic mass is 9.77. The highest BCUT2D eigenvalue weighted by atomic mass is 16.5. The van der Waals surface area contributed by atoms with E-state index in [4.69, 9.17) is 9.47 Å².